The Kier molecular flexibility index (Phi) is 7.81. The molecule has 9 heteroatoms. The Balaban J connectivity index is 1.67. The summed E-state index contributed by atoms with van der Waals surface area (Å²) < 4.78 is 0. The minimum Gasteiger partial charge on any atom is -0.480 e. The number of carboxylic acids is 1. The van der Waals surface area contributed by atoms with E-state index >= 15 is 0 Å². The molecule has 2 aromatic carbocycles. The van der Waals surface area contributed by atoms with Crippen molar-refractivity contribution in [2.45, 2.75) is 44.0 Å². The van der Waals surface area contributed by atoms with Crippen molar-refractivity contribution in [1.82, 2.24) is 15.6 Å². The predicted molar refractivity (Wildman–Crippen MR) is 123 cm³/mol. The van der Waals surface area contributed by atoms with Gasteiger partial charge in [-0.15, -0.1) is 0 Å². The summed E-state index contributed by atoms with van der Waals surface area (Å²) in [4.78, 5) is 40.2. The van der Waals surface area contributed by atoms with Crippen molar-refractivity contribution < 1.29 is 24.6 Å². The van der Waals surface area contributed by atoms with Crippen molar-refractivity contribution in [3.05, 3.63) is 71.9 Å². The van der Waals surface area contributed by atoms with Crippen molar-refractivity contribution in [3.63, 3.8) is 0 Å². The number of nitrogens with one attached hydrogen (secondary N) is 3. The number of carboxylic acid groups (broad SMARTS) is 1. The largest absolute Gasteiger partial charge is 0.480 e. The van der Waals surface area contributed by atoms with E-state index in [1.54, 1.807) is 6.20 Å². The molecule has 3 rings (SSSR count). The summed E-state index contributed by atoms with van der Waals surface area (Å²) in [6.45, 7) is 1.34. The molecule has 174 valence electrons. The van der Waals surface area contributed by atoms with Gasteiger partial charge in [-0.05, 0) is 30.5 Å². The van der Waals surface area contributed by atoms with Gasteiger partial charge in [-0.3, -0.25) is 9.59 Å². The van der Waals surface area contributed by atoms with Crippen LogP contribution in [0.25, 0.3) is 10.9 Å². The first-order valence-electron chi connectivity index (χ1n) is 10.6. The minimum atomic E-state index is -1.36. The monoisotopic (exact) mass is 452 g/mol. The highest BCUT2D eigenvalue weighted by atomic mass is 16.4. The van der Waals surface area contributed by atoms with Gasteiger partial charge in [0.25, 0.3) is 0 Å². The third-order valence-electron chi connectivity index (χ3n) is 5.41. The van der Waals surface area contributed by atoms with Crippen molar-refractivity contribution in [2.24, 2.45) is 5.73 Å². The number of amides is 2. The lowest BCUT2D eigenvalue weighted by atomic mass is 10.0. The van der Waals surface area contributed by atoms with Gasteiger partial charge in [0.15, 0.2) is 0 Å². The van der Waals surface area contributed by atoms with Crippen LogP contribution in [0.2, 0.25) is 0 Å². The molecule has 2 amide bonds. The molecular weight excluding hydrogens is 424 g/mol. The highest BCUT2D eigenvalue weighted by molar-refractivity contribution is 5.92. The van der Waals surface area contributed by atoms with Gasteiger partial charge in [-0.2, -0.15) is 0 Å². The number of carbonyl (C=O) groups excluding carboxylic acids is 2. The molecule has 33 heavy (non-hydrogen) atoms. The zero-order chi connectivity index (χ0) is 24.0. The van der Waals surface area contributed by atoms with E-state index in [1.807, 2.05) is 54.6 Å². The predicted octanol–water partition coefficient (Wildman–Crippen LogP) is 0.715. The van der Waals surface area contributed by atoms with Crippen LogP contribution in [0.1, 0.15) is 18.1 Å². The number of carbonyl (C=O) groups is 3. The Bertz CT molecular complexity index is 1110. The lowest BCUT2D eigenvalue weighted by Crippen LogP contribution is -2.58. The quantitative estimate of drug-likeness (QED) is 0.266. The van der Waals surface area contributed by atoms with Crippen molar-refractivity contribution in [2.75, 3.05) is 0 Å². The second-order valence-electron chi connectivity index (χ2n) is 7.99. The number of para-hydroxylation sites is 1. The third-order valence-corrected chi connectivity index (χ3v) is 5.41. The van der Waals surface area contributed by atoms with Crippen LogP contribution < -0.4 is 16.4 Å². The molecule has 9 nitrogen and oxygen atoms in total. The van der Waals surface area contributed by atoms with E-state index in [0.29, 0.717) is 0 Å². The number of nitrogens with two attached hydrogens (primary N) is 1. The van der Waals surface area contributed by atoms with Crippen molar-refractivity contribution >= 4 is 28.7 Å². The van der Waals surface area contributed by atoms with Crippen LogP contribution in [0.15, 0.2) is 60.8 Å². The highest BCUT2D eigenvalue weighted by Gasteiger charge is 2.31. The van der Waals surface area contributed by atoms with Crippen LogP contribution in [0.4, 0.5) is 0 Å². The molecule has 1 heterocycles. The van der Waals surface area contributed by atoms with Gasteiger partial charge in [0.05, 0.1) is 12.1 Å². The Morgan fingerprint density at radius 3 is 2.30 bits per heavy atom. The molecule has 0 fully saturated rings. The van der Waals surface area contributed by atoms with Gasteiger partial charge < -0.3 is 31.6 Å². The number of hydrogen-bond donors (Lipinski definition) is 6. The Labute approximate surface area is 191 Å². The van der Waals surface area contributed by atoms with E-state index < -0.39 is 42.0 Å². The third kappa shape index (κ3) is 6.18. The number of aliphatic hydroxyl groups is 1. The normalized spacial score (nSPS) is 14.8. The molecule has 1 aromatic heterocycles. The van der Waals surface area contributed by atoms with Crippen LogP contribution in [-0.4, -0.2) is 57.2 Å². The number of H-pyrrole nitrogens is 1. The van der Waals surface area contributed by atoms with Crippen LogP contribution in [-0.2, 0) is 27.2 Å². The van der Waals surface area contributed by atoms with Gasteiger partial charge in [0.2, 0.25) is 11.8 Å². The van der Waals surface area contributed by atoms with Gasteiger partial charge in [0.1, 0.15) is 12.1 Å². The number of aromatic nitrogens is 1. The topological polar surface area (TPSA) is 158 Å². The van der Waals surface area contributed by atoms with Crippen LogP contribution in [0, 0.1) is 0 Å². The Morgan fingerprint density at radius 2 is 1.64 bits per heavy atom. The summed E-state index contributed by atoms with van der Waals surface area (Å²) in [6, 6.07) is 13.0. The average molecular weight is 453 g/mol. The van der Waals surface area contributed by atoms with Gasteiger partial charge in [-0.25, -0.2) is 4.79 Å². The standard InChI is InChI=1S/C24H28N4O5/c1-14(29)21(28-22(30)18(25)11-15-7-3-2-4-8-15)23(31)27-20(24(32)33)12-16-13-26-19-10-6-5-9-17(16)19/h2-10,13-14,18,20-21,26,29H,11-12,25H2,1H3,(H,27,31)(H,28,30)(H,32,33). The van der Waals surface area contributed by atoms with Crippen molar-refractivity contribution in [1.29, 1.82) is 0 Å². The number of aromatic amines is 1. The molecule has 7 N–H and O–H groups in total. The molecular formula is C24H28N4O5. The molecule has 0 saturated carbocycles. The number of benzene rings is 2. The summed E-state index contributed by atoms with van der Waals surface area (Å²) in [5.41, 5.74) is 8.39. The molecule has 4 unspecified atom stereocenters. The fourth-order valence-corrected chi connectivity index (χ4v) is 3.61. The van der Waals surface area contributed by atoms with Crippen LogP contribution >= 0.6 is 0 Å². The zero-order valence-corrected chi connectivity index (χ0v) is 18.2. The van der Waals surface area contributed by atoms with Crippen LogP contribution in [0.5, 0.6) is 0 Å². The van der Waals surface area contributed by atoms with E-state index in [0.717, 1.165) is 22.0 Å². The molecule has 0 aliphatic rings. The second-order valence-corrected chi connectivity index (χ2v) is 7.99. The first-order chi connectivity index (χ1) is 15.8. The van der Waals surface area contributed by atoms with E-state index in [9.17, 15) is 24.6 Å². The maximum atomic E-state index is 12.8. The zero-order valence-electron chi connectivity index (χ0n) is 18.2. The minimum absolute atomic E-state index is 0.0269. The number of aliphatic carboxylic acids is 1. The molecule has 0 aliphatic carbocycles. The number of fused-ring (bicyclic) bond motifs is 1. The maximum absolute atomic E-state index is 12.8. The summed E-state index contributed by atoms with van der Waals surface area (Å²) in [5, 5.41) is 25.5. The smallest absolute Gasteiger partial charge is 0.326 e. The van der Waals surface area contributed by atoms with E-state index in [4.69, 9.17) is 5.73 Å². The molecule has 0 aliphatic heterocycles. The Morgan fingerprint density at radius 1 is 0.970 bits per heavy atom. The van der Waals surface area contributed by atoms with Crippen LogP contribution in [0.3, 0.4) is 0 Å². The number of rotatable bonds is 10. The number of hydrogen-bond acceptors (Lipinski definition) is 5. The van der Waals surface area contributed by atoms with E-state index in [1.165, 1.54) is 6.92 Å². The fraction of sp³-hybridized carbons (Fsp3) is 0.292. The number of aliphatic hydroxyl groups excluding tert-OH is 1. The van der Waals surface area contributed by atoms with Gasteiger partial charge >= 0.3 is 5.97 Å². The highest BCUT2D eigenvalue weighted by Crippen LogP contribution is 2.19. The SMILES string of the molecule is CC(O)C(NC(=O)C(N)Cc1ccccc1)C(=O)NC(Cc1c[nH]c2ccccc12)C(=O)O. The molecule has 4 atom stereocenters. The van der Waals surface area contributed by atoms with Crippen molar-refractivity contribution in [3.8, 4) is 0 Å². The first kappa shape index (κ1) is 24.0. The summed E-state index contributed by atoms with van der Waals surface area (Å²) >= 11 is 0. The fourth-order valence-electron chi connectivity index (χ4n) is 3.61. The molecule has 3 aromatic rings. The van der Waals surface area contributed by atoms with Gasteiger partial charge in [-0.1, -0.05) is 48.5 Å². The summed E-state index contributed by atoms with van der Waals surface area (Å²) in [5.74, 6) is -2.66. The molecule has 0 radical (unpaired) electrons. The second kappa shape index (κ2) is 10.8. The average Bonchev–Trinajstić information content (AvgIpc) is 3.20. The van der Waals surface area contributed by atoms with E-state index in [2.05, 4.69) is 15.6 Å². The first-order valence-corrected chi connectivity index (χ1v) is 10.6. The lowest BCUT2D eigenvalue weighted by Gasteiger charge is -2.24. The molecule has 0 saturated heterocycles. The molecule has 0 bridgehead atoms. The van der Waals surface area contributed by atoms with Gasteiger partial charge in [0, 0.05) is 23.5 Å². The lowest BCUT2D eigenvalue weighted by molar-refractivity contribution is -0.142. The summed E-state index contributed by atoms with van der Waals surface area (Å²) in [7, 11) is 0. The molecule has 0 spiro atoms. The van der Waals surface area contributed by atoms with E-state index in [-0.39, 0.29) is 12.8 Å². The Hall–Kier alpha value is -3.69. The summed E-state index contributed by atoms with van der Waals surface area (Å²) in [6.07, 6.45) is 0.710. The maximum Gasteiger partial charge on any atom is 0.326 e.